The molecule has 12 heteroatoms. The summed E-state index contributed by atoms with van der Waals surface area (Å²) in [7, 11) is 0. The van der Waals surface area contributed by atoms with Crippen molar-refractivity contribution in [2.75, 3.05) is 0 Å². The fraction of sp³-hybridized carbons (Fsp3) is 0.333. The molecule has 0 saturated carbocycles. The topological polar surface area (TPSA) is 136 Å². The van der Waals surface area contributed by atoms with Crippen LogP contribution in [0.4, 0.5) is 4.39 Å². The maximum Gasteiger partial charge on any atom is 0.326 e. The van der Waals surface area contributed by atoms with E-state index in [-0.39, 0.29) is 48.2 Å². The normalized spacial score (nSPS) is 12.6. The molecule has 5 rings (SSSR count). The lowest BCUT2D eigenvalue weighted by atomic mass is 10.0. The molecule has 0 bridgehead atoms. The molecule has 268 valence electrons. The average Bonchev–Trinajstić information content (AvgIpc) is 3.57. The molecule has 10 nitrogen and oxygen atoms in total. The third-order valence-electron chi connectivity index (χ3n) is 8.26. The number of amides is 1. The molecule has 1 amide bonds. The van der Waals surface area contributed by atoms with E-state index in [2.05, 4.69) is 20.9 Å². The zero-order valence-electron chi connectivity index (χ0n) is 29.0. The van der Waals surface area contributed by atoms with Crippen molar-refractivity contribution in [2.45, 2.75) is 72.4 Å². The monoisotopic (exact) mass is 716 g/mol. The fourth-order valence-corrected chi connectivity index (χ4v) is 5.92. The highest BCUT2D eigenvalue weighted by molar-refractivity contribution is 6.32. The Morgan fingerprint density at radius 3 is 2.25 bits per heavy atom. The Kier molecular flexibility index (Phi) is 12.6. The van der Waals surface area contributed by atoms with Crippen molar-refractivity contribution >= 4 is 34.5 Å². The van der Waals surface area contributed by atoms with Gasteiger partial charge in [0.1, 0.15) is 47.6 Å². The number of nitrogens with zero attached hydrogens (tertiary/aromatic N) is 2. The number of hydrogen-bond acceptors (Lipinski definition) is 8. The van der Waals surface area contributed by atoms with Crippen LogP contribution < -0.4 is 20.1 Å². The number of aromatic nitrogens is 2. The molecule has 5 aromatic rings. The fourth-order valence-electron chi connectivity index (χ4n) is 5.68. The summed E-state index contributed by atoms with van der Waals surface area (Å²) in [6.07, 6.45) is 0.769. The smallest absolute Gasteiger partial charge is 0.326 e. The highest BCUT2D eigenvalue weighted by atomic mass is 35.5. The van der Waals surface area contributed by atoms with Gasteiger partial charge in [-0.2, -0.15) is 0 Å². The molecule has 0 aliphatic carbocycles. The van der Waals surface area contributed by atoms with Crippen molar-refractivity contribution in [3.63, 3.8) is 0 Å². The molecule has 1 aromatic heterocycles. The highest BCUT2D eigenvalue weighted by Gasteiger charge is 2.27. The van der Waals surface area contributed by atoms with Crippen LogP contribution in [0.1, 0.15) is 57.2 Å². The zero-order valence-corrected chi connectivity index (χ0v) is 29.7. The molecule has 0 radical (unpaired) electrons. The molecule has 2 atom stereocenters. The Hall–Kier alpha value is -5.00. The number of benzene rings is 4. The molecular weight excluding hydrogens is 675 g/mol. The maximum atomic E-state index is 15.6. The molecule has 51 heavy (non-hydrogen) atoms. The standard InChI is InChI=1S/C39H42ClFN4O6/c1-23(2)15-33(38(46)43-34(39(47)48)16-24(3)4)42-20-28-18-30(40)36(19-35(28)49-21-25-13-14-31-32(17-25)45-51-44-31)50-22-27-11-8-12-29(37(27)41)26-9-6-5-7-10-26/h5-14,17-19,23-24,33-34,42H,15-16,20-22H2,1-4H3,(H,43,46)(H,47,48). The van der Waals surface area contributed by atoms with E-state index >= 15 is 4.39 Å². The van der Waals surface area contributed by atoms with Gasteiger partial charge in [0.15, 0.2) is 0 Å². The third kappa shape index (κ3) is 10.0. The molecular formula is C39H42ClFN4O6. The van der Waals surface area contributed by atoms with Crippen molar-refractivity contribution in [3.05, 3.63) is 106 Å². The number of fused-ring (bicyclic) bond motifs is 1. The SMILES string of the molecule is CC(C)CC(NC(=O)C(CC(C)C)NCc1cc(Cl)c(OCc2cccc(-c3ccccc3)c2F)cc1OCc1ccc2nonc2c1)C(=O)O. The van der Waals surface area contributed by atoms with Crippen LogP contribution in [0.2, 0.25) is 5.02 Å². The number of aliphatic carboxylic acids is 1. The summed E-state index contributed by atoms with van der Waals surface area (Å²) >= 11 is 6.75. The van der Waals surface area contributed by atoms with Crippen LogP contribution in [0.5, 0.6) is 11.5 Å². The Morgan fingerprint density at radius 1 is 0.824 bits per heavy atom. The maximum absolute atomic E-state index is 15.6. The van der Waals surface area contributed by atoms with Crippen molar-refractivity contribution in [1.82, 2.24) is 20.9 Å². The molecule has 0 saturated heterocycles. The summed E-state index contributed by atoms with van der Waals surface area (Å²) in [6, 6.07) is 21.5. The summed E-state index contributed by atoms with van der Waals surface area (Å²) in [4.78, 5) is 25.3. The van der Waals surface area contributed by atoms with Crippen molar-refractivity contribution in [1.29, 1.82) is 0 Å². The molecule has 4 aromatic carbocycles. The van der Waals surface area contributed by atoms with Gasteiger partial charge in [-0.15, -0.1) is 0 Å². The lowest BCUT2D eigenvalue weighted by Gasteiger charge is -2.24. The number of halogens is 2. The molecule has 1 heterocycles. The number of ether oxygens (including phenoxy) is 2. The largest absolute Gasteiger partial charge is 0.488 e. The number of carbonyl (C=O) groups excluding carboxylic acids is 1. The average molecular weight is 717 g/mol. The van der Waals surface area contributed by atoms with E-state index in [0.29, 0.717) is 46.3 Å². The van der Waals surface area contributed by atoms with Gasteiger partial charge in [0.25, 0.3) is 0 Å². The first-order valence-corrected chi connectivity index (χ1v) is 17.2. The van der Waals surface area contributed by atoms with E-state index < -0.39 is 24.0 Å². The van der Waals surface area contributed by atoms with Crippen molar-refractivity contribution < 1.29 is 33.2 Å². The molecule has 3 N–H and O–H groups in total. The van der Waals surface area contributed by atoms with Gasteiger partial charge in [-0.3, -0.25) is 4.79 Å². The van der Waals surface area contributed by atoms with E-state index in [1.807, 2.05) is 64.1 Å². The first-order valence-electron chi connectivity index (χ1n) is 16.9. The van der Waals surface area contributed by atoms with Crippen LogP contribution in [0.25, 0.3) is 22.2 Å². The number of carbonyl (C=O) groups is 2. The lowest BCUT2D eigenvalue weighted by Crippen LogP contribution is -2.50. The van der Waals surface area contributed by atoms with Crippen LogP contribution in [-0.2, 0) is 29.3 Å². The first kappa shape index (κ1) is 37.3. The van der Waals surface area contributed by atoms with Gasteiger partial charge >= 0.3 is 5.97 Å². The Bertz CT molecular complexity index is 1950. The lowest BCUT2D eigenvalue weighted by molar-refractivity contribution is -0.142. The number of rotatable bonds is 17. The van der Waals surface area contributed by atoms with Gasteiger partial charge in [0, 0.05) is 29.3 Å². The van der Waals surface area contributed by atoms with Gasteiger partial charge in [-0.25, -0.2) is 13.8 Å². The summed E-state index contributed by atoms with van der Waals surface area (Å²) in [5, 5.41) is 23.7. The second-order valence-electron chi connectivity index (χ2n) is 13.3. The number of carboxylic acids is 1. The van der Waals surface area contributed by atoms with Crippen LogP contribution in [0.3, 0.4) is 0 Å². The minimum Gasteiger partial charge on any atom is -0.488 e. The second kappa shape index (κ2) is 17.3. The molecule has 0 aliphatic heterocycles. The van der Waals surface area contributed by atoms with E-state index in [1.54, 1.807) is 42.5 Å². The zero-order chi connectivity index (χ0) is 36.5. The van der Waals surface area contributed by atoms with Gasteiger partial charge in [0.05, 0.1) is 11.1 Å². The third-order valence-corrected chi connectivity index (χ3v) is 8.55. The molecule has 2 unspecified atom stereocenters. The number of carboxylic acid groups (broad SMARTS) is 1. The van der Waals surface area contributed by atoms with Crippen molar-refractivity contribution in [3.8, 4) is 22.6 Å². The summed E-state index contributed by atoms with van der Waals surface area (Å²) < 4.78 is 32.8. The number of nitrogens with one attached hydrogen (secondary N) is 2. The predicted molar refractivity (Wildman–Crippen MR) is 193 cm³/mol. The minimum absolute atomic E-state index is 0.0797. The minimum atomic E-state index is -1.08. The van der Waals surface area contributed by atoms with Crippen LogP contribution in [0, 0.1) is 17.7 Å². The Labute approximate surface area is 301 Å². The van der Waals surface area contributed by atoms with Crippen LogP contribution in [-0.4, -0.2) is 39.4 Å². The van der Waals surface area contributed by atoms with Crippen molar-refractivity contribution in [2.24, 2.45) is 11.8 Å². The van der Waals surface area contributed by atoms with Gasteiger partial charge in [0.2, 0.25) is 5.91 Å². The molecule has 0 fully saturated rings. The summed E-state index contributed by atoms with van der Waals surface area (Å²) in [5.74, 6) is -0.946. The van der Waals surface area contributed by atoms with Gasteiger partial charge in [-0.05, 0) is 64.3 Å². The van der Waals surface area contributed by atoms with Crippen LogP contribution in [0.15, 0.2) is 83.5 Å². The Balaban J connectivity index is 1.38. The Morgan fingerprint density at radius 2 is 1.53 bits per heavy atom. The van der Waals surface area contributed by atoms with Crippen LogP contribution >= 0.6 is 11.6 Å². The van der Waals surface area contributed by atoms with E-state index in [9.17, 15) is 14.7 Å². The highest BCUT2D eigenvalue weighted by Crippen LogP contribution is 2.35. The van der Waals surface area contributed by atoms with E-state index in [0.717, 1.165) is 11.1 Å². The van der Waals surface area contributed by atoms with E-state index in [1.165, 1.54) is 0 Å². The quantitative estimate of drug-likeness (QED) is 0.0876. The predicted octanol–water partition coefficient (Wildman–Crippen LogP) is 7.96. The summed E-state index contributed by atoms with van der Waals surface area (Å²) in [6.45, 7) is 8.02. The molecule has 0 aliphatic rings. The van der Waals surface area contributed by atoms with Gasteiger partial charge < -0.3 is 25.2 Å². The number of hydrogen-bond donors (Lipinski definition) is 3. The first-order chi connectivity index (χ1) is 24.5. The van der Waals surface area contributed by atoms with E-state index in [4.69, 9.17) is 25.7 Å². The van der Waals surface area contributed by atoms with Gasteiger partial charge in [-0.1, -0.05) is 93.9 Å². The second-order valence-corrected chi connectivity index (χ2v) is 13.7. The molecule has 0 spiro atoms. The summed E-state index contributed by atoms with van der Waals surface area (Å²) in [5.41, 5.74) is 4.20.